The van der Waals surface area contributed by atoms with Gasteiger partial charge in [0.15, 0.2) is 0 Å². The van der Waals surface area contributed by atoms with Gasteiger partial charge in [0, 0.05) is 56.4 Å². The van der Waals surface area contributed by atoms with Gasteiger partial charge in [-0.25, -0.2) is 4.98 Å². The number of aryl methyl sites for hydroxylation is 1. The smallest absolute Gasteiger partial charge is 0.229 e. The van der Waals surface area contributed by atoms with Crippen molar-refractivity contribution < 1.29 is 4.79 Å². The summed E-state index contributed by atoms with van der Waals surface area (Å²) < 4.78 is 0. The molecule has 4 aromatic heterocycles. The van der Waals surface area contributed by atoms with Crippen molar-refractivity contribution in [1.29, 1.82) is 0 Å². The van der Waals surface area contributed by atoms with Gasteiger partial charge in [-0.1, -0.05) is 32.9 Å². The number of H-pyrrole nitrogens is 1. The predicted molar refractivity (Wildman–Crippen MR) is 155 cm³/mol. The molecule has 0 bridgehead atoms. The Hall–Kier alpha value is -4.24. The van der Waals surface area contributed by atoms with Crippen LogP contribution in [0.5, 0.6) is 0 Å². The van der Waals surface area contributed by atoms with Crippen molar-refractivity contribution in [3.63, 3.8) is 0 Å². The number of aromatic amines is 1. The molecule has 1 aliphatic heterocycles. The number of carbonyl (C=O) groups is 1. The van der Waals surface area contributed by atoms with E-state index in [0.717, 1.165) is 44.8 Å². The minimum atomic E-state index is -0.492. The molecule has 196 valence electrons. The van der Waals surface area contributed by atoms with Gasteiger partial charge in [-0.15, -0.1) is 11.3 Å². The highest BCUT2D eigenvalue weighted by Crippen LogP contribution is 2.35. The van der Waals surface area contributed by atoms with Gasteiger partial charge < -0.3 is 10.3 Å². The van der Waals surface area contributed by atoms with Gasteiger partial charge in [-0.3, -0.25) is 14.8 Å². The predicted octanol–water partition coefficient (Wildman–Crippen LogP) is 7.29. The Labute approximate surface area is 230 Å². The summed E-state index contributed by atoms with van der Waals surface area (Å²) in [7, 11) is 0. The minimum Gasteiger partial charge on any atom is -0.340 e. The fourth-order valence-corrected chi connectivity index (χ4v) is 5.47. The fraction of sp³-hybridized carbons (Fsp3) is 0.267. The number of carbonyl (C=O) groups excluding carboxylic acids is 1. The first-order valence-electron chi connectivity index (χ1n) is 12.9. The third-order valence-electron chi connectivity index (χ3n) is 6.77. The maximum atomic E-state index is 12.4. The number of imidazole rings is 1. The maximum absolute atomic E-state index is 12.4. The van der Waals surface area contributed by atoms with Crippen LogP contribution in [0.4, 0.5) is 5.69 Å². The van der Waals surface area contributed by atoms with Crippen LogP contribution in [0.2, 0.25) is 0 Å². The number of rotatable bonds is 4. The quantitative estimate of drug-likeness (QED) is 0.252. The number of benzene rings is 1. The maximum Gasteiger partial charge on any atom is 0.229 e. The number of aromatic nitrogens is 4. The first kappa shape index (κ1) is 25.1. The lowest BCUT2D eigenvalue weighted by Gasteiger charge is -2.17. The number of para-hydroxylation sites is 1. The summed E-state index contributed by atoms with van der Waals surface area (Å²) in [6.45, 7) is 8.21. The molecule has 0 fully saturated rings. The molecule has 0 saturated heterocycles. The molecule has 5 aromatic rings. The van der Waals surface area contributed by atoms with E-state index in [2.05, 4.69) is 62.8 Å². The standard InChI is InChI=1S/C30H29N7OS/c1-17-8-9-26(39-17)22-6-5-7-23-27(22)36-28(35-23)25-12-24-20(15-33-37-25)10-18(14-32-24)19-11-21(16-31-13-19)34-29(38)30(2,3)4/h5-11,13-14,16,25H,12,15H2,1-4H3,(H,34,38)(H,35,36). The van der Waals surface area contributed by atoms with Crippen molar-refractivity contribution >= 4 is 34.0 Å². The highest BCUT2D eigenvalue weighted by Gasteiger charge is 2.23. The first-order chi connectivity index (χ1) is 18.7. The lowest BCUT2D eigenvalue weighted by Crippen LogP contribution is -2.27. The molecular weight excluding hydrogens is 506 g/mol. The first-order valence-corrected chi connectivity index (χ1v) is 13.7. The second kappa shape index (κ2) is 9.81. The van der Waals surface area contributed by atoms with Crippen molar-refractivity contribution in [2.75, 3.05) is 5.32 Å². The molecule has 9 heteroatoms. The zero-order valence-electron chi connectivity index (χ0n) is 22.3. The van der Waals surface area contributed by atoms with E-state index in [1.54, 1.807) is 23.7 Å². The second-order valence-corrected chi connectivity index (χ2v) is 12.2. The number of nitrogens with zero attached hydrogens (tertiary/aromatic N) is 5. The number of azo groups is 1. The number of hydrogen-bond donors (Lipinski definition) is 2. The minimum absolute atomic E-state index is 0.0591. The summed E-state index contributed by atoms with van der Waals surface area (Å²) in [4.78, 5) is 32.5. The van der Waals surface area contributed by atoms with Crippen LogP contribution < -0.4 is 5.32 Å². The number of thiophene rings is 1. The number of anilines is 1. The number of fused-ring (bicyclic) bond motifs is 2. The molecule has 0 spiro atoms. The topological polar surface area (TPSA) is 108 Å². The third-order valence-corrected chi connectivity index (χ3v) is 7.81. The van der Waals surface area contributed by atoms with Crippen LogP contribution >= 0.6 is 11.3 Å². The van der Waals surface area contributed by atoms with E-state index >= 15 is 0 Å². The molecule has 0 aliphatic carbocycles. The Bertz CT molecular complexity index is 1730. The SMILES string of the molecule is Cc1ccc(-c2cccc3[nH]c(C4Cc5ncc(-c6cncc(NC(=O)C(C)(C)C)c6)cc5CN=N4)nc23)s1. The van der Waals surface area contributed by atoms with E-state index in [-0.39, 0.29) is 11.9 Å². The summed E-state index contributed by atoms with van der Waals surface area (Å²) in [6, 6.07) is 14.3. The molecule has 6 rings (SSSR count). The lowest BCUT2D eigenvalue weighted by molar-refractivity contribution is -0.123. The Morgan fingerprint density at radius 2 is 1.92 bits per heavy atom. The van der Waals surface area contributed by atoms with Crippen LogP contribution in [0.25, 0.3) is 32.6 Å². The van der Waals surface area contributed by atoms with Gasteiger partial charge in [-0.2, -0.15) is 10.2 Å². The van der Waals surface area contributed by atoms with E-state index < -0.39 is 5.41 Å². The van der Waals surface area contributed by atoms with Crippen molar-refractivity contribution in [1.82, 2.24) is 19.9 Å². The zero-order valence-corrected chi connectivity index (χ0v) is 23.1. The van der Waals surface area contributed by atoms with Crippen LogP contribution in [0, 0.1) is 12.3 Å². The van der Waals surface area contributed by atoms with Crippen LogP contribution in [-0.2, 0) is 17.8 Å². The van der Waals surface area contributed by atoms with E-state index in [1.165, 1.54) is 9.75 Å². The highest BCUT2D eigenvalue weighted by atomic mass is 32.1. The number of hydrogen-bond acceptors (Lipinski definition) is 7. The highest BCUT2D eigenvalue weighted by molar-refractivity contribution is 7.15. The summed E-state index contributed by atoms with van der Waals surface area (Å²) in [5.41, 5.74) is 6.99. The average Bonchev–Trinajstić information content (AvgIpc) is 3.48. The molecule has 0 saturated carbocycles. The number of pyridine rings is 2. The average molecular weight is 536 g/mol. The Kier molecular flexibility index (Phi) is 6.31. The molecular formula is C30H29N7OS. The van der Waals surface area contributed by atoms with E-state index in [9.17, 15) is 4.79 Å². The van der Waals surface area contributed by atoms with Gasteiger partial charge in [0.05, 0.1) is 29.5 Å². The second-order valence-electron chi connectivity index (χ2n) is 10.9. The molecule has 1 aromatic carbocycles. The van der Waals surface area contributed by atoms with Gasteiger partial charge in [0.25, 0.3) is 0 Å². The van der Waals surface area contributed by atoms with Crippen molar-refractivity contribution in [2.24, 2.45) is 15.6 Å². The summed E-state index contributed by atoms with van der Waals surface area (Å²) in [5.74, 6) is 0.732. The van der Waals surface area contributed by atoms with Crippen LogP contribution in [0.3, 0.4) is 0 Å². The van der Waals surface area contributed by atoms with Crippen LogP contribution in [0.1, 0.15) is 48.8 Å². The Morgan fingerprint density at radius 3 is 2.72 bits per heavy atom. The fourth-order valence-electron chi connectivity index (χ4n) is 4.58. The monoisotopic (exact) mass is 535 g/mol. The molecule has 1 amide bonds. The summed E-state index contributed by atoms with van der Waals surface area (Å²) in [5, 5.41) is 12.1. The Morgan fingerprint density at radius 1 is 1.08 bits per heavy atom. The van der Waals surface area contributed by atoms with E-state index in [1.807, 2.05) is 39.1 Å². The Balaban J connectivity index is 1.27. The molecule has 2 N–H and O–H groups in total. The third kappa shape index (κ3) is 5.09. The zero-order chi connectivity index (χ0) is 27.1. The van der Waals surface area contributed by atoms with Crippen LogP contribution in [-0.4, -0.2) is 25.8 Å². The molecule has 1 unspecified atom stereocenters. The van der Waals surface area contributed by atoms with Crippen LogP contribution in [0.15, 0.2) is 71.3 Å². The van der Waals surface area contributed by atoms with E-state index in [0.29, 0.717) is 18.7 Å². The van der Waals surface area contributed by atoms with E-state index in [4.69, 9.17) is 9.97 Å². The molecule has 39 heavy (non-hydrogen) atoms. The van der Waals surface area contributed by atoms with Crippen molar-refractivity contribution in [3.8, 4) is 21.6 Å². The molecule has 1 atom stereocenters. The normalized spacial score (nSPS) is 15.2. The lowest BCUT2D eigenvalue weighted by atomic mass is 9.95. The summed E-state index contributed by atoms with van der Waals surface area (Å²) >= 11 is 1.77. The molecule has 0 radical (unpaired) electrons. The van der Waals surface area contributed by atoms with Gasteiger partial charge in [0.1, 0.15) is 11.9 Å². The number of nitrogens with one attached hydrogen (secondary N) is 2. The number of amides is 1. The van der Waals surface area contributed by atoms with Crippen molar-refractivity contribution in [2.45, 2.75) is 46.7 Å². The summed E-state index contributed by atoms with van der Waals surface area (Å²) in [6.07, 6.45) is 5.88. The molecule has 8 nitrogen and oxygen atoms in total. The van der Waals surface area contributed by atoms with Gasteiger partial charge in [0.2, 0.25) is 5.91 Å². The molecule has 5 heterocycles. The molecule has 1 aliphatic rings. The van der Waals surface area contributed by atoms with Gasteiger partial charge >= 0.3 is 0 Å². The van der Waals surface area contributed by atoms with Gasteiger partial charge in [-0.05, 0) is 42.8 Å². The van der Waals surface area contributed by atoms with Crippen molar-refractivity contribution in [3.05, 3.63) is 83.0 Å². The largest absolute Gasteiger partial charge is 0.340 e.